The van der Waals surface area contributed by atoms with Crippen LogP contribution < -0.4 is 11.1 Å². The van der Waals surface area contributed by atoms with Gasteiger partial charge in [0.05, 0.1) is 18.6 Å². The van der Waals surface area contributed by atoms with Crippen LogP contribution in [0.5, 0.6) is 0 Å². The van der Waals surface area contributed by atoms with E-state index in [1.807, 2.05) is 37.3 Å². The molecule has 4 heteroatoms. The van der Waals surface area contributed by atoms with Gasteiger partial charge in [0, 0.05) is 6.54 Å². The maximum atomic E-state index is 12.0. The fraction of sp³-hybridized carbons (Fsp3) is 0.500. The zero-order valence-corrected chi connectivity index (χ0v) is 10.8. The molecule has 2 unspecified atom stereocenters. The molecule has 0 saturated heterocycles. The van der Waals surface area contributed by atoms with Crippen molar-refractivity contribution in [2.75, 3.05) is 13.2 Å². The topological polar surface area (TPSA) is 75.4 Å². The molecular weight excluding hydrogens is 228 g/mol. The number of amides is 1. The van der Waals surface area contributed by atoms with Gasteiger partial charge in [0.2, 0.25) is 5.91 Å². The van der Waals surface area contributed by atoms with Crippen molar-refractivity contribution >= 4 is 5.91 Å². The normalized spacial score (nSPS) is 13.9. The number of hydrogen-bond donors (Lipinski definition) is 3. The van der Waals surface area contributed by atoms with Gasteiger partial charge < -0.3 is 16.2 Å². The summed E-state index contributed by atoms with van der Waals surface area (Å²) in [5.41, 5.74) is 6.50. The highest BCUT2D eigenvalue weighted by Gasteiger charge is 2.19. The lowest BCUT2D eigenvalue weighted by atomic mass is 10.0. The molecule has 4 N–H and O–H groups in total. The van der Waals surface area contributed by atoms with Crippen molar-refractivity contribution < 1.29 is 9.90 Å². The van der Waals surface area contributed by atoms with Gasteiger partial charge in [-0.25, -0.2) is 0 Å². The minimum absolute atomic E-state index is 0.0812. The highest BCUT2D eigenvalue weighted by molar-refractivity contribution is 5.79. The molecule has 1 amide bonds. The summed E-state index contributed by atoms with van der Waals surface area (Å²) in [5, 5.41) is 12.2. The molecule has 1 rings (SSSR count). The van der Waals surface area contributed by atoms with E-state index < -0.39 is 0 Å². The molecule has 0 aliphatic carbocycles. The van der Waals surface area contributed by atoms with Crippen LogP contribution in [0.25, 0.3) is 0 Å². The van der Waals surface area contributed by atoms with Crippen LogP contribution in [0.2, 0.25) is 0 Å². The van der Waals surface area contributed by atoms with Crippen LogP contribution in [0.4, 0.5) is 0 Å². The van der Waals surface area contributed by atoms with Crippen LogP contribution in [0.1, 0.15) is 31.4 Å². The average Bonchev–Trinajstić information content (AvgIpc) is 2.42. The van der Waals surface area contributed by atoms with Gasteiger partial charge in [-0.1, -0.05) is 43.7 Å². The van der Waals surface area contributed by atoms with Crippen LogP contribution in [-0.2, 0) is 4.79 Å². The Morgan fingerprint density at radius 1 is 1.39 bits per heavy atom. The Bertz CT molecular complexity index is 354. The number of carbonyl (C=O) groups excluding carboxylic acids is 1. The molecule has 0 heterocycles. The molecule has 1 aromatic rings. The molecule has 0 aliphatic heterocycles. The van der Waals surface area contributed by atoms with E-state index in [1.54, 1.807) is 0 Å². The van der Waals surface area contributed by atoms with Crippen molar-refractivity contribution in [1.82, 2.24) is 5.32 Å². The lowest BCUT2D eigenvalue weighted by molar-refractivity contribution is -0.126. The summed E-state index contributed by atoms with van der Waals surface area (Å²) < 4.78 is 0. The van der Waals surface area contributed by atoms with Crippen molar-refractivity contribution in [2.45, 2.75) is 25.8 Å². The summed E-state index contributed by atoms with van der Waals surface area (Å²) in [6, 6.07) is 9.09. The quantitative estimate of drug-likeness (QED) is 0.681. The van der Waals surface area contributed by atoms with Gasteiger partial charge in [-0.2, -0.15) is 0 Å². The Balaban J connectivity index is 2.66. The number of aliphatic hydroxyl groups is 1. The zero-order chi connectivity index (χ0) is 13.4. The summed E-state index contributed by atoms with van der Waals surface area (Å²) in [6.45, 7) is 2.25. The molecule has 0 fully saturated rings. The first kappa shape index (κ1) is 14.7. The summed E-state index contributed by atoms with van der Waals surface area (Å²) >= 11 is 0. The fourth-order valence-corrected chi connectivity index (χ4v) is 1.91. The third kappa shape index (κ3) is 4.13. The fourth-order valence-electron chi connectivity index (χ4n) is 1.91. The number of nitrogens with two attached hydrogens (primary N) is 1. The maximum absolute atomic E-state index is 12.0. The molecule has 0 aliphatic rings. The van der Waals surface area contributed by atoms with E-state index in [9.17, 15) is 9.90 Å². The van der Waals surface area contributed by atoms with E-state index in [-0.39, 0.29) is 24.5 Å². The highest BCUT2D eigenvalue weighted by Crippen LogP contribution is 2.13. The summed E-state index contributed by atoms with van der Waals surface area (Å²) in [4.78, 5) is 12.0. The molecule has 0 aromatic heterocycles. The van der Waals surface area contributed by atoms with Crippen LogP contribution in [0.3, 0.4) is 0 Å². The van der Waals surface area contributed by atoms with E-state index in [0.717, 1.165) is 18.4 Å². The van der Waals surface area contributed by atoms with E-state index in [0.29, 0.717) is 6.54 Å². The summed E-state index contributed by atoms with van der Waals surface area (Å²) in [5.74, 6) is -0.255. The van der Waals surface area contributed by atoms with E-state index in [1.165, 1.54) is 0 Å². The molecule has 2 atom stereocenters. The predicted octanol–water partition coefficient (Wildman–Crippen LogP) is 1.21. The molecule has 100 valence electrons. The van der Waals surface area contributed by atoms with Crippen LogP contribution in [-0.4, -0.2) is 24.2 Å². The monoisotopic (exact) mass is 250 g/mol. The standard InChI is InChI=1S/C14H22N2O2/c1-2-6-12(9-15)14(18)16-13(10-17)11-7-4-3-5-8-11/h3-5,7-8,12-13,17H,2,6,9-10,15H2,1H3,(H,16,18). The number of hydrogen-bond acceptors (Lipinski definition) is 3. The second-order valence-corrected chi connectivity index (χ2v) is 4.38. The second kappa shape index (κ2) is 7.84. The lowest BCUT2D eigenvalue weighted by Crippen LogP contribution is -2.38. The molecule has 0 radical (unpaired) electrons. The number of benzene rings is 1. The number of aliphatic hydroxyl groups excluding tert-OH is 1. The van der Waals surface area contributed by atoms with Crippen LogP contribution >= 0.6 is 0 Å². The molecule has 0 bridgehead atoms. The maximum Gasteiger partial charge on any atom is 0.224 e. The SMILES string of the molecule is CCCC(CN)C(=O)NC(CO)c1ccccc1. The van der Waals surface area contributed by atoms with Crippen molar-refractivity contribution in [3.63, 3.8) is 0 Å². The van der Waals surface area contributed by atoms with Crippen LogP contribution in [0.15, 0.2) is 30.3 Å². The van der Waals surface area contributed by atoms with Crippen molar-refractivity contribution in [3.05, 3.63) is 35.9 Å². The molecule has 4 nitrogen and oxygen atoms in total. The van der Waals surface area contributed by atoms with Gasteiger partial charge in [0.25, 0.3) is 0 Å². The third-order valence-electron chi connectivity index (χ3n) is 2.99. The van der Waals surface area contributed by atoms with E-state index >= 15 is 0 Å². The first-order valence-corrected chi connectivity index (χ1v) is 6.39. The van der Waals surface area contributed by atoms with Gasteiger partial charge in [0.1, 0.15) is 0 Å². The Labute approximate surface area is 108 Å². The first-order valence-electron chi connectivity index (χ1n) is 6.39. The summed E-state index contributed by atoms with van der Waals surface area (Å²) in [7, 11) is 0. The first-order chi connectivity index (χ1) is 8.72. The van der Waals surface area contributed by atoms with Crippen molar-refractivity contribution in [1.29, 1.82) is 0 Å². The number of rotatable bonds is 7. The molecule has 0 spiro atoms. The zero-order valence-electron chi connectivity index (χ0n) is 10.8. The Hall–Kier alpha value is -1.39. The van der Waals surface area contributed by atoms with Gasteiger partial charge in [-0.05, 0) is 12.0 Å². The van der Waals surface area contributed by atoms with Gasteiger partial charge in [-0.15, -0.1) is 0 Å². The molecular formula is C14H22N2O2. The number of nitrogens with one attached hydrogen (secondary N) is 1. The minimum Gasteiger partial charge on any atom is -0.394 e. The molecule has 0 saturated carbocycles. The Morgan fingerprint density at radius 2 is 2.06 bits per heavy atom. The van der Waals surface area contributed by atoms with Gasteiger partial charge >= 0.3 is 0 Å². The Kier molecular flexibility index (Phi) is 6.39. The van der Waals surface area contributed by atoms with Gasteiger partial charge in [-0.3, -0.25) is 4.79 Å². The van der Waals surface area contributed by atoms with E-state index in [4.69, 9.17) is 5.73 Å². The van der Waals surface area contributed by atoms with Crippen molar-refractivity contribution in [3.8, 4) is 0 Å². The number of carbonyl (C=O) groups is 1. The van der Waals surface area contributed by atoms with E-state index in [2.05, 4.69) is 5.32 Å². The predicted molar refractivity (Wildman–Crippen MR) is 71.9 cm³/mol. The van der Waals surface area contributed by atoms with Crippen molar-refractivity contribution in [2.24, 2.45) is 11.7 Å². The minimum atomic E-state index is -0.357. The van der Waals surface area contributed by atoms with Crippen LogP contribution in [0, 0.1) is 5.92 Å². The smallest absolute Gasteiger partial charge is 0.224 e. The lowest BCUT2D eigenvalue weighted by Gasteiger charge is -2.20. The Morgan fingerprint density at radius 3 is 2.56 bits per heavy atom. The largest absolute Gasteiger partial charge is 0.394 e. The molecule has 18 heavy (non-hydrogen) atoms. The van der Waals surface area contributed by atoms with Gasteiger partial charge in [0.15, 0.2) is 0 Å². The third-order valence-corrected chi connectivity index (χ3v) is 2.99. The summed E-state index contributed by atoms with van der Waals surface area (Å²) in [6.07, 6.45) is 1.69. The molecule has 1 aromatic carbocycles. The second-order valence-electron chi connectivity index (χ2n) is 4.38. The average molecular weight is 250 g/mol. The highest BCUT2D eigenvalue weighted by atomic mass is 16.3.